The van der Waals surface area contributed by atoms with E-state index in [0.717, 1.165) is 11.3 Å². The number of benzene rings is 1. The molecule has 82 valence electrons. The van der Waals surface area contributed by atoms with Crippen LogP contribution in [0.5, 0.6) is 5.75 Å². The minimum Gasteiger partial charge on any atom is -0.495 e. The van der Waals surface area contributed by atoms with Gasteiger partial charge < -0.3 is 10.1 Å². The maximum absolute atomic E-state index is 11.4. The molecule has 4 heteroatoms. The number of carbonyl (C=O) groups excluding carboxylic acids is 1. The molecule has 0 aliphatic rings. The van der Waals surface area contributed by atoms with Crippen molar-refractivity contribution in [2.45, 2.75) is 13.3 Å². The molecule has 1 aromatic rings. The molecule has 0 unspecified atom stereocenters. The Kier molecular flexibility index (Phi) is 4.62. The summed E-state index contributed by atoms with van der Waals surface area (Å²) in [6.45, 7) is 1.97. The first-order chi connectivity index (χ1) is 7.17. The van der Waals surface area contributed by atoms with Gasteiger partial charge >= 0.3 is 0 Å². The number of amides is 1. The number of alkyl halides is 1. The van der Waals surface area contributed by atoms with Gasteiger partial charge in [-0.3, -0.25) is 4.79 Å². The highest BCUT2D eigenvalue weighted by Gasteiger charge is 2.06. The number of ether oxygens (including phenoxy) is 1. The summed E-state index contributed by atoms with van der Waals surface area (Å²) >= 11 is 3.22. The number of nitrogens with one attached hydrogen (secondary N) is 1. The van der Waals surface area contributed by atoms with Crippen molar-refractivity contribution in [3.05, 3.63) is 23.8 Å². The lowest BCUT2D eigenvalue weighted by Gasteiger charge is -2.10. The number of carbonyl (C=O) groups is 1. The van der Waals surface area contributed by atoms with Gasteiger partial charge in [0.25, 0.3) is 0 Å². The van der Waals surface area contributed by atoms with E-state index in [2.05, 4.69) is 21.2 Å². The molecule has 1 rings (SSSR count). The maximum Gasteiger partial charge on any atom is 0.225 e. The Morgan fingerprint density at radius 3 is 2.87 bits per heavy atom. The third-order valence-electron chi connectivity index (χ3n) is 1.95. The Labute approximate surface area is 97.9 Å². The molecule has 0 saturated heterocycles. The monoisotopic (exact) mass is 271 g/mol. The molecule has 0 atom stereocenters. The van der Waals surface area contributed by atoms with Crippen molar-refractivity contribution >= 4 is 27.5 Å². The highest BCUT2D eigenvalue weighted by atomic mass is 79.9. The fourth-order valence-electron chi connectivity index (χ4n) is 1.22. The zero-order chi connectivity index (χ0) is 11.3. The second kappa shape index (κ2) is 5.75. The Balaban J connectivity index is 2.82. The third-order valence-corrected chi connectivity index (χ3v) is 2.35. The average Bonchev–Trinajstić information content (AvgIpc) is 2.18. The van der Waals surface area contributed by atoms with Crippen molar-refractivity contribution in [3.63, 3.8) is 0 Å². The van der Waals surface area contributed by atoms with Crippen LogP contribution in [0, 0.1) is 6.92 Å². The lowest BCUT2D eigenvalue weighted by molar-refractivity contribution is -0.115. The van der Waals surface area contributed by atoms with Gasteiger partial charge in [-0.05, 0) is 24.6 Å². The van der Waals surface area contributed by atoms with Crippen LogP contribution in [0.4, 0.5) is 5.69 Å². The third kappa shape index (κ3) is 3.55. The molecular formula is C11H14BrNO2. The molecule has 1 N–H and O–H groups in total. The van der Waals surface area contributed by atoms with Crippen LogP contribution in [0.25, 0.3) is 0 Å². The normalized spacial score (nSPS) is 9.80. The highest BCUT2D eigenvalue weighted by Crippen LogP contribution is 2.25. The van der Waals surface area contributed by atoms with Gasteiger partial charge in [-0.25, -0.2) is 0 Å². The van der Waals surface area contributed by atoms with Crippen molar-refractivity contribution < 1.29 is 9.53 Å². The summed E-state index contributed by atoms with van der Waals surface area (Å²) in [7, 11) is 1.59. The summed E-state index contributed by atoms with van der Waals surface area (Å²) in [5, 5.41) is 3.47. The van der Waals surface area contributed by atoms with E-state index in [0.29, 0.717) is 17.5 Å². The average molecular weight is 272 g/mol. The first kappa shape index (κ1) is 12.0. The zero-order valence-corrected chi connectivity index (χ0v) is 10.4. The molecule has 0 radical (unpaired) electrons. The smallest absolute Gasteiger partial charge is 0.225 e. The molecule has 0 spiro atoms. The number of halogens is 1. The van der Waals surface area contributed by atoms with Gasteiger partial charge in [0, 0.05) is 11.8 Å². The minimum absolute atomic E-state index is 0.0178. The molecule has 0 saturated carbocycles. The molecule has 1 amide bonds. The van der Waals surface area contributed by atoms with Gasteiger partial charge in [-0.2, -0.15) is 0 Å². The predicted octanol–water partition coefficient (Wildman–Crippen LogP) is 2.73. The van der Waals surface area contributed by atoms with Crippen LogP contribution in [0.1, 0.15) is 12.0 Å². The van der Waals surface area contributed by atoms with E-state index in [1.165, 1.54) is 0 Å². The molecule has 0 bridgehead atoms. The van der Waals surface area contributed by atoms with E-state index in [1.54, 1.807) is 7.11 Å². The Morgan fingerprint density at radius 1 is 1.53 bits per heavy atom. The van der Waals surface area contributed by atoms with Crippen molar-refractivity contribution in [1.82, 2.24) is 0 Å². The van der Waals surface area contributed by atoms with Gasteiger partial charge in [0.15, 0.2) is 0 Å². The maximum atomic E-state index is 11.4. The van der Waals surface area contributed by atoms with Crippen molar-refractivity contribution in [2.24, 2.45) is 0 Å². The van der Waals surface area contributed by atoms with E-state index < -0.39 is 0 Å². The first-order valence-corrected chi connectivity index (χ1v) is 5.80. The second-order valence-corrected chi connectivity index (χ2v) is 3.98. The summed E-state index contributed by atoms with van der Waals surface area (Å²) in [6.07, 6.45) is 0.455. The predicted molar refractivity (Wildman–Crippen MR) is 64.8 cm³/mol. The van der Waals surface area contributed by atoms with Gasteiger partial charge in [0.05, 0.1) is 12.8 Å². The SMILES string of the molecule is COc1ccc(C)cc1NC(=O)CCBr. The van der Waals surface area contributed by atoms with Crippen molar-refractivity contribution in [2.75, 3.05) is 17.8 Å². The van der Waals surface area contributed by atoms with Crippen LogP contribution >= 0.6 is 15.9 Å². The van der Waals surface area contributed by atoms with Crippen LogP contribution in [0.2, 0.25) is 0 Å². The zero-order valence-electron chi connectivity index (χ0n) is 8.84. The summed E-state index contributed by atoms with van der Waals surface area (Å²) in [6, 6.07) is 5.68. The molecule has 3 nitrogen and oxygen atoms in total. The molecule has 0 aliphatic heterocycles. The van der Waals surface area contributed by atoms with Crippen LogP contribution in [-0.4, -0.2) is 18.3 Å². The molecule has 1 aromatic carbocycles. The molecule has 0 fully saturated rings. The minimum atomic E-state index is -0.0178. The Hall–Kier alpha value is -1.03. The van der Waals surface area contributed by atoms with E-state index in [-0.39, 0.29) is 5.91 Å². The fraction of sp³-hybridized carbons (Fsp3) is 0.364. The number of aryl methyl sites for hydroxylation is 1. The van der Waals surface area contributed by atoms with Crippen LogP contribution < -0.4 is 10.1 Å². The topological polar surface area (TPSA) is 38.3 Å². The van der Waals surface area contributed by atoms with Gasteiger partial charge in [0.1, 0.15) is 5.75 Å². The Bertz CT molecular complexity index is 352. The van der Waals surface area contributed by atoms with Crippen LogP contribution in [0.3, 0.4) is 0 Å². The lowest BCUT2D eigenvalue weighted by atomic mass is 10.2. The molecule has 0 aliphatic carbocycles. The van der Waals surface area contributed by atoms with Crippen molar-refractivity contribution in [1.29, 1.82) is 0 Å². The van der Waals surface area contributed by atoms with Gasteiger partial charge in [-0.15, -0.1) is 0 Å². The van der Waals surface area contributed by atoms with Crippen LogP contribution in [-0.2, 0) is 4.79 Å². The lowest BCUT2D eigenvalue weighted by Crippen LogP contribution is -2.12. The number of hydrogen-bond donors (Lipinski definition) is 1. The summed E-state index contributed by atoms with van der Waals surface area (Å²) in [4.78, 5) is 11.4. The second-order valence-electron chi connectivity index (χ2n) is 3.19. The molecule has 0 heterocycles. The standard InChI is InChI=1S/C11H14BrNO2/c1-8-3-4-10(15-2)9(7-8)13-11(14)5-6-12/h3-4,7H,5-6H2,1-2H3,(H,13,14). The first-order valence-electron chi connectivity index (χ1n) is 4.68. The van der Waals surface area contributed by atoms with E-state index in [4.69, 9.17) is 4.74 Å². The van der Waals surface area contributed by atoms with Crippen LogP contribution in [0.15, 0.2) is 18.2 Å². The fourth-order valence-corrected chi connectivity index (χ4v) is 1.58. The van der Waals surface area contributed by atoms with Gasteiger partial charge in [0.2, 0.25) is 5.91 Å². The van der Waals surface area contributed by atoms with E-state index in [1.807, 2.05) is 25.1 Å². The summed E-state index contributed by atoms with van der Waals surface area (Å²) in [5.41, 5.74) is 1.81. The molecule has 0 aromatic heterocycles. The van der Waals surface area contributed by atoms with E-state index >= 15 is 0 Å². The highest BCUT2D eigenvalue weighted by molar-refractivity contribution is 9.09. The number of hydrogen-bond acceptors (Lipinski definition) is 2. The molecular weight excluding hydrogens is 258 g/mol. The van der Waals surface area contributed by atoms with Gasteiger partial charge in [-0.1, -0.05) is 22.0 Å². The quantitative estimate of drug-likeness (QED) is 0.856. The number of methoxy groups -OCH3 is 1. The van der Waals surface area contributed by atoms with E-state index in [9.17, 15) is 4.79 Å². The summed E-state index contributed by atoms with van der Waals surface area (Å²) in [5.74, 6) is 0.666. The van der Waals surface area contributed by atoms with Crippen molar-refractivity contribution in [3.8, 4) is 5.75 Å². The summed E-state index contributed by atoms with van der Waals surface area (Å²) < 4.78 is 5.15. The number of anilines is 1. The number of rotatable bonds is 4. The largest absolute Gasteiger partial charge is 0.495 e. The molecule has 15 heavy (non-hydrogen) atoms. The Morgan fingerprint density at radius 2 is 2.27 bits per heavy atom.